The second kappa shape index (κ2) is 4.68. The van der Waals surface area contributed by atoms with Crippen molar-refractivity contribution in [1.29, 1.82) is 0 Å². The first-order valence-electron chi connectivity index (χ1n) is 6.29. The molecule has 2 heterocycles. The van der Waals surface area contributed by atoms with Gasteiger partial charge < -0.3 is 15.0 Å². The molecule has 1 aliphatic heterocycles. The van der Waals surface area contributed by atoms with Crippen molar-refractivity contribution in [3.8, 4) is 0 Å². The summed E-state index contributed by atoms with van der Waals surface area (Å²) in [4.78, 5) is 26.3. The van der Waals surface area contributed by atoms with Gasteiger partial charge in [0.05, 0.1) is 16.8 Å². The first-order chi connectivity index (χ1) is 9.18. The van der Waals surface area contributed by atoms with Crippen molar-refractivity contribution in [3.63, 3.8) is 0 Å². The van der Waals surface area contributed by atoms with Gasteiger partial charge in [0.25, 0.3) is 5.91 Å². The summed E-state index contributed by atoms with van der Waals surface area (Å²) in [6.07, 6.45) is 0.543. The molecule has 7 heteroatoms. The number of pyridine rings is 1. The van der Waals surface area contributed by atoms with Crippen molar-refractivity contribution < 1.29 is 18.9 Å². The largest absolute Gasteiger partial charge is 0.514 e. The van der Waals surface area contributed by atoms with Gasteiger partial charge in [-0.1, -0.05) is 0 Å². The predicted octanol–water partition coefficient (Wildman–Crippen LogP) is 0.292. The normalized spacial score (nSPS) is 19.9. The molecule has 2 rings (SSSR count). The lowest BCUT2D eigenvalue weighted by molar-refractivity contribution is 0.00578. The van der Waals surface area contributed by atoms with Crippen LogP contribution in [0, 0.1) is 0 Å². The van der Waals surface area contributed by atoms with Crippen LogP contribution in [-0.4, -0.2) is 35.5 Å². The molecule has 1 saturated heterocycles. The molecule has 0 radical (unpaired) electrons. The van der Waals surface area contributed by atoms with Crippen LogP contribution < -0.4 is 11.3 Å². The van der Waals surface area contributed by atoms with Crippen LogP contribution in [-0.2, 0) is 9.31 Å². The molecule has 1 fully saturated rings. The van der Waals surface area contributed by atoms with E-state index < -0.39 is 24.2 Å². The van der Waals surface area contributed by atoms with Gasteiger partial charge in [0.15, 0.2) is 6.29 Å². The van der Waals surface area contributed by atoms with Crippen molar-refractivity contribution in [2.75, 3.05) is 0 Å². The Hall–Kier alpha value is -1.73. The molecule has 1 aromatic rings. The second-order valence-corrected chi connectivity index (χ2v) is 5.74. The van der Waals surface area contributed by atoms with Gasteiger partial charge >= 0.3 is 7.12 Å². The Labute approximate surface area is 117 Å². The summed E-state index contributed by atoms with van der Waals surface area (Å²) in [5.41, 5.74) is 4.71. The molecule has 1 amide bonds. The summed E-state index contributed by atoms with van der Waals surface area (Å²) in [6, 6.07) is 3.08. The van der Waals surface area contributed by atoms with Gasteiger partial charge in [-0.05, 0) is 39.8 Å². The lowest BCUT2D eigenvalue weighted by atomic mass is 9.83. The van der Waals surface area contributed by atoms with E-state index in [1.54, 1.807) is 6.07 Å². The number of rotatable bonds is 3. The van der Waals surface area contributed by atoms with Gasteiger partial charge in [-0.3, -0.25) is 14.6 Å². The number of carbonyl (C=O) groups is 2. The van der Waals surface area contributed by atoms with E-state index >= 15 is 0 Å². The molecular formula is C13H17BN2O4. The Bertz CT molecular complexity index is 555. The Balaban J connectivity index is 2.39. The van der Waals surface area contributed by atoms with Crippen molar-refractivity contribution in [1.82, 2.24) is 4.98 Å². The third kappa shape index (κ3) is 2.34. The smallest absolute Gasteiger partial charge is 0.398 e. The average molecular weight is 276 g/mol. The van der Waals surface area contributed by atoms with E-state index in [-0.39, 0.29) is 11.3 Å². The highest BCUT2D eigenvalue weighted by atomic mass is 16.7. The highest BCUT2D eigenvalue weighted by molar-refractivity contribution is 6.61. The molecule has 1 aliphatic rings. The van der Waals surface area contributed by atoms with Crippen LogP contribution >= 0.6 is 0 Å². The third-order valence-electron chi connectivity index (χ3n) is 3.80. The summed E-state index contributed by atoms with van der Waals surface area (Å²) in [7, 11) is -0.696. The zero-order valence-corrected chi connectivity index (χ0v) is 12.0. The minimum Gasteiger partial charge on any atom is -0.398 e. The summed E-state index contributed by atoms with van der Waals surface area (Å²) < 4.78 is 11.7. The van der Waals surface area contributed by atoms with E-state index in [9.17, 15) is 9.59 Å². The van der Waals surface area contributed by atoms with Gasteiger partial charge in [-0.15, -0.1) is 0 Å². The summed E-state index contributed by atoms with van der Waals surface area (Å²) >= 11 is 0. The molecule has 0 bridgehead atoms. The predicted molar refractivity (Wildman–Crippen MR) is 73.9 cm³/mol. The van der Waals surface area contributed by atoms with Crippen molar-refractivity contribution in [3.05, 3.63) is 23.4 Å². The van der Waals surface area contributed by atoms with Gasteiger partial charge in [0, 0.05) is 5.56 Å². The number of nitrogens with zero attached hydrogens (tertiary/aromatic N) is 1. The number of nitrogens with two attached hydrogens (primary N) is 1. The lowest BCUT2D eigenvalue weighted by Gasteiger charge is -2.32. The molecular weight excluding hydrogens is 259 g/mol. The van der Waals surface area contributed by atoms with E-state index in [4.69, 9.17) is 15.0 Å². The molecule has 106 valence electrons. The highest BCUT2D eigenvalue weighted by Crippen LogP contribution is 2.36. The summed E-state index contributed by atoms with van der Waals surface area (Å²) in [6.45, 7) is 7.67. The molecule has 20 heavy (non-hydrogen) atoms. The van der Waals surface area contributed by atoms with Crippen LogP contribution in [0.4, 0.5) is 0 Å². The maximum absolute atomic E-state index is 11.3. The molecule has 0 spiro atoms. The Kier molecular flexibility index (Phi) is 3.43. The van der Waals surface area contributed by atoms with E-state index in [0.717, 1.165) is 0 Å². The highest BCUT2D eigenvalue weighted by Gasteiger charge is 2.52. The van der Waals surface area contributed by atoms with E-state index in [0.29, 0.717) is 11.9 Å². The molecule has 6 nitrogen and oxygen atoms in total. The summed E-state index contributed by atoms with van der Waals surface area (Å²) in [5, 5.41) is 0. The zero-order valence-electron chi connectivity index (χ0n) is 12.0. The molecule has 2 N–H and O–H groups in total. The number of carbonyl (C=O) groups excluding carboxylic acids is 2. The maximum atomic E-state index is 11.3. The second-order valence-electron chi connectivity index (χ2n) is 5.74. The minimum absolute atomic E-state index is 0.0767. The first kappa shape index (κ1) is 14.7. The number of amides is 1. The maximum Gasteiger partial charge on any atom is 0.514 e. The van der Waals surface area contributed by atoms with Crippen LogP contribution in [0.1, 0.15) is 48.5 Å². The van der Waals surface area contributed by atoms with E-state index in [1.165, 1.54) is 6.07 Å². The summed E-state index contributed by atoms with van der Waals surface area (Å²) in [5.74, 6) is -0.759. The molecule has 0 unspecified atom stereocenters. The van der Waals surface area contributed by atoms with Crippen LogP contribution in [0.5, 0.6) is 0 Å². The van der Waals surface area contributed by atoms with Crippen molar-refractivity contribution in [2.24, 2.45) is 5.73 Å². The minimum atomic E-state index is -0.759. The van der Waals surface area contributed by atoms with Gasteiger partial charge in [-0.2, -0.15) is 0 Å². The van der Waals surface area contributed by atoms with E-state index in [1.807, 2.05) is 27.7 Å². The van der Waals surface area contributed by atoms with Crippen LogP contribution in [0.2, 0.25) is 0 Å². The Morgan fingerprint density at radius 1 is 1.25 bits per heavy atom. The van der Waals surface area contributed by atoms with Gasteiger partial charge in [0.1, 0.15) is 5.69 Å². The number of aldehydes is 1. The number of hydrogen-bond acceptors (Lipinski definition) is 5. The molecule has 0 aromatic carbocycles. The fraction of sp³-hybridized carbons (Fsp3) is 0.462. The SMILES string of the molecule is CC1(C)OB(c2ccc(C=O)c(C(N)=O)n2)OC1(C)C. The number of hydrogen-bond donors (Lipinski definition) is 1. The monoisotopic (exact) mass is 276 g/mol. The van der Waals surface area contributed by atoms with Crippen LogP contribution in [0.15, 0.2) is 12.1 Å². The third-order valence-corrected chi connectivity index (χ3v) is 3.80. The first-order valence-corrected chi connectivity index (χ1v) is 6.29. The standard InChI is InChI=1S/C13H17BN2O4/c1-12(2)13(3,4)20-14(19-12)9-6-5-8(7-17)10(16-9)11(15)18/h5-7H,1-4H3,(H2,15,18). The molecule has 0 aliphatic carbocycles. The van der Waals surface area contributed by atoms with Crippen molar-refractivity contribution in [2.45, 2.75) is 38.9 Å². The van der Waals surface area contributed by atoms with Crippen LogP contribution in [0.25, 0.3) is 0 Å². The molecule has 1 aromatic heterocycles. The topological polar surface area (TPSA) is 91.5 Å². The Morgan fingerprint density at radius 2 is 1.80 bits per heavy atom. The number of primary amides is 1. The van der Waals surface area contributed by atoms with Crippen molar-refractivity contribution >= 4 is 24.9 Å². The van der Waals surface area contributed by atoms with Gasteiger partial charge in [-0.25, -0.2) is 0 Å². The van der Waals surface area contributed by atoms with Gasteiger partial charge in [0.2, 0.25) is 0 Å². The lowest BCUT2D eigenvalue weighted by Crippen LogP contribution is -2.41. The average Bonchev–Trinajstić information content (AvgIpc) is 2.57. The van der Waals surface area contributed by atoms with E-state index in [2.05, 4.69) is 4.98 Å². The molecule has 0 atom stereocenters. The fourth-order valence-electron chi connectivity index (χ4n) is 1.87. The fourth-order valence-corrected chi connectivity index (χ4v) is 1.87. The Morgan fingerprint density at radius 3 is 2.25 bits per heavy atom. The molecule has 0 saturated carbocycles. The number of aromatic nitrogens is 1. The zero-order chi connectivity index (χ0) is 15.1. The quantitative estimate of drug-likeness (QED) is 0.633. The van der Waals surface area contributed by atoms with Crippen LogP contribution in [0.3, 0.4) is 0 Å².